The third-order valence-electron chi connectivity index (χ3n) is 3.72. The van der Waals surface area contributed by atoms with Crippen LogP contribution in [0.5, 0.6) is 17.2 Å². The number of hydrogen-bond acceptors (Lipinski definition) is 6. The number of nitrogens with one attached hydrogen (secondary N) is 1. The van der Waals surface area contributed by atoms with Crippen LogP contribution in [0.25, 0.3) is 11.3 Å². The van der Waals surface area contributed by atoms with Gasteiger partial charge in [0.1, 0.15) is 17.2 Å². The highest BCUT2D eigenvalue weighted by molar-refractivity contribution is 6.06. The Morgan fingerprint density at radius 2 is 1.65 bits per heavy atom. The highest BCUT2D eigenvalue weighted by Gasteiger charge is 2.19. The maximum atomic E-state index is 12.7. The SMILES string of the molecule is COc1cc(NC(=O)c2ncoc2-c2cccc(OC)c2)cc(OC)c1. The molecule has 0 fully saturated rings. The summed E-state index contributed by atoms with van der Waals surface area (Å²) in [7, 11) is 4.65. The van der Waals surface area contributed by atoms with E-state index in [2.05, 4.69) is 10.3 Å². The first-order valence-corrected chi connectivity index (χ1v) is 7.77. The number of carbonyl (C=O) groups excluding carboxylic acids is 1. The Balaban J connectivity index is 1.89. The van der Waals surface area contributed by atoms with Gasteiger partial charge in [-0.3, -0.25) is 4.79 Å². The van der Waals surface area contributed by atoms with E-state index in [1.165, 1.54) is 6.39 Å². The Morgan fingerprint density at radius 1 is 0.962 bits per heavy atom. The molecule has 7 nitrogen and oxygen atoms in total. The fourth-order valence-corrected chi connectivity index (χ4v) is 2.45. The molecule has 0 spiro atoms. The van der Waals surface area contributed by atoms with Gasteiger partial charge in [0.25, 0.3) is 5.91 Å². The van der Waals surface area contributed by atoms with Crippen molar-refractivity contribution in [3.63, 3.8) is 0 Å². The predicted octanol–water partition coefficient (Wildman–Crippen LogP) is 3.62. The third-order valence-corrected chi connectivity index (χ3v) is 3.72. The summed E-state index contributed by atoms with van der Waals surface area (Å²) in [6.07, 6.45) is 1.23. The second-order valence-corrected chi connectivity index (χ2v) is 5.32. The standard InChI is InChI=1S/C19H18N2O5/c1-23-14-6-4-5-12(7-14)18-17(20-11-26-18)19(22)21-13-8-15(24-2)10-16(9-13)25-3/h4-11H,1-3H3,(H,21,22). The third kappa shape index (κ3) is 3.61. The number of ether oxygens (including phenoxy) is 3. The van der Waals surface area contributed by atoms with Gasteiger partial charge >= 0.3 is 0 Å². The Hall–Kier alpha value is -3.48. The summed E-state index contributed by atoms with van der Waals surface area (Å²) >= 11 is 0. The van der Waals surface area contributed by atoms with Crippen LogP contribution in [0.2, 0.25) is 0 Å². The lowest BCUT2D eigenvalue weighted by Gasteiger charge is -2.09. The molecular weight excluding hydrogens is 336 g/mol. The van der Waals surface area contributed by atoms with Crippen molar-refractivity contribution in [3.8, 4) is 28.6 Å². The number of amides is 1. The van der Waals surface area contributed by atoms with Crippen LogP contribution in [0, 0.1) is 0 Å². The lowest BCUT2D eigenvalue weighted by Crippen LogP contribution is -2.13. The second-order valence-electron chi connectivity index (χ2n) is 5.32. The van der Waals surface area contributed by atoms with Crippen LogP contribution >= 0.6 is 0 Å². The first kappa shape index (κ1) is 17.3. The highest BCUT2D eigenvalue weighted by atomic mass is 16.5. The number of benzene rings is 2. The van der Waals surface area contributed by atoms with E-state index in [-0.39, 0.29) is 5.69 Å². The van der Waals surface area contributed by atoms with Crippen molar-refractivity contribution in [3.05, 3.63) is 54.6 Å². The van der Waals surface area contributed by atoms with E-state index in [1.54, 1.807) is 45.6 Å². The van der Waals surface area contributed by atoms with Gasteiger partial charge in [-0.15, -0.1) is 0 Å². The summed E-state index contributed by atoms with van der Waals surface area (Å²) < 4.78 is 21.0. The van der Waals surface area contributed by atoms with Crippen LogP contribution in [-0.4, -0.2) is 32.2 Å². The number of anilines is 1. The van der Waals surface area contributed by atoms with Gasteiger partial charge in [0.2, 0.25) is 0 Å². The number of carbonyl (C=O) groups is 1. The van der Waals surface area contributed by atoms with Crippen LogP contribution in [0.15, 0.2) is 53.3 Å². The molecule has 7 heteroatoms. The summed E-state index contributed by atoms with van der Waals surface area (Å²) in [5.41, 5.74) is 1.38. The smallest absolute Gasteiger partial charge is 0.278 e. The van der Waals surface area contributed by atoms with E-state index in [0.717, 1.165) is 0 Å². The van der Waals surface area contributed by atoms with Gasteiger partial charge < -0.3 is 23.9 Å². The minimum absolute atomic E-state index is 0.167. The monoisotopic (exact) mass is 354 g/mol. The number of oxazole rings is 1. The van der Waals surface area contributed by atoms with E-state index < -0.39 is 5.91 Å². The lowest BCUT2D eigenvalue weighted by atomic mass is 10.1. The summed E-state index contributed by atoms with van der Waals surface area (Å²) in [6.45, 7) is 0. The van der Waals surface area contributed by atoms with Crippen molar-refractivity contribution >= 4 is 11.6 Å². The van der Waals surface area contributed by atoms with Crippen LogP contribution in [-0.2, 0) is 0 Å². The minimum Gasteiger partial charge on any atom is -0.497 e. The fourth-order valence-electron chi connectivity index (χ4n) is 2.45. The molecule has 0 saturated carbocycles. The lowest BCUT2D eigenvalue weighted by molar-refractivity contribution is 0.102. The van der Waals surface area contributed by atoms with Crippen molar-refractivity contribution < 1.29 is 23.4 Å². The van der Waals surface area contributed by atoms with Gasteiger partial charge in [-0.2, -0.15) is 0 Å². The quantitative estimate of drug-likeness (QED) is 0.728. The zero-order chi connectivity index (χ0) is 18.5. The molecule has 1 N–H and O–H groups in total. The molecule has 3 rings (SSSR count). The molecule has 1 aromatic heterocycles. The Labute approximate surface area is 150 Å². The molecule has 0 saturated heterocycles. The summed E-state index contributed by atoms with van der Waals surface area (Å²) in [5, 5.41) is 2.78. The fraction of sp³-hybridized carbons (Fsp3) is 0.158. The van der Waals surface area contributed by atoms with Crippen LogP contribution in [0.4, 0.5) is 5.69 Å². The van der Waals surface area contributed by atoms with Crippen LogP contribution in [0.3, 0.4) is 0 Å². The molecular formula is C19H18N2O5. The molecule has 134 valence electrons. The van der Waals surface area contributed by atoms with Crippen molar-refractivity contribution in [2.75, 3.05) is 26.6 Å². The van der Waals surface area contributed by atoms with E-state index in [4.69, 9.17) is 18.6 Å². The molecule has 1 amide bonds. The molecule has 2 aromatic carbocycles. The first-order valence-electron chi connectivity index (χ1n) is 7.77. The van der Waals surface area contributed by atoms with Crippen molar-refractivity contribution in [2.45, 2.75) is 0 Å². The largest absolute Gasteiger partial charge is 0.497 e. The maximum absolute atomic E-state index is 12.7. The molecule has 0 aliphatic heterocycles. The average molecular weight is 354 g/mol. The molecule has 1 heterocycles. The van der Waals surface area contributed by atoms with Crippen LogP contribution < -0.4 is 19.5 Å². The first-order chi connectivity index (χ1) is 12.6. The van der Waals surface area contributed by atoms with Gasteiger partial charge in [0.15, 0.2) is 17.8 Å². The minimum atomic E-state index is -0.410. The average Bonchev–Trinajstić information content (AvgIpc) is 3.17. The van der Waals surface area contributed by atoms with Gasteiger partial charge in [0, 0.05) is 29.4 Å². The topological polar surface area (TPSA) is 82.8 Å². The van der Waals surface area contributed by atoms with E-state index in [0.29, 0.717) is 34.3 Å². The summed E-state index contributed by atoms with van der Waals surface area (Å²) in [4.78, 5) is 16.7. The Morgan fingerprint density at radius 3 is 2.31 bits per heavy atom. The van der Waals surface area contributed by atoms with Crippen molar-refractivity contribution in [1.29, 1.82) is 0 Å². The number of aromatic nitrogens is 1. The van der Waals surface area contributed by atoms with E-state index in [1.807, 2.05) is 18.2 Å². The maximum Gasteiger partial charge on any atom is 0.278 e. The van der Waals surface area contributed by atoms with Gasteiger partial charge in [-0.1, -0.05) is 12.1 Å². The molecule has 0 aliphatic carbocycles. The molecule has 3 aromatic rings. The van der Waals surface area contributed by atoms with Gasteiger partial charge in [-0.25, -0.2) is 4.98 Å². The van der Waals surface area contributed by atoms with Crippen molar-refractivity contribution in [2.24, 2.45) is 0 Å². The van der Waals surface area contributed by atoms with E-state index in [9.17, 15) is 4.79 Å². The molecule has 0 radical (unpaired) electrons. The Bertz CT molecular complexity index is 898. The molecule has 0 bridgehead atoms. The second kappa shape index (κ2) is 7.60. The number of nitrogens with zero attached hydrogens (tertiary/aromatic N) is 1. The van der Waals surface area contributed by atoms with Crippen molar-refractivity contribution in [1.82, 2.24) is 4.98 Å². The molecule has 0 aliphatic rings. The zero-order valence-corrected chi connectivity index (χ0v) is 14.6. The van der Waals surface area contributed by atoms with E-state index >= 15 is 0 Å². The molecule has 26 heavy (non-hydrogen) atoms. The highest BCUT2D eigenvalue weighted by Crippen LogP contribution is 2.29. The number of methoxy groups -OCH3 is 3. The Kier molecular flexibility index (Phi) is 5.07. The number of hydrogen-bond donors (Lipinski definition) is 1. The normalized spacial score (nSPS) is 10.3. The summed E-state index contributed by atoms with van der Waals surface area (Å²) in [5.74, 6) is 1.73. The summed E-state index contributed by atoms with van der Waals surface area (Å²) in [6, 6.07) is 12.3. The van der Waals surface area contributed by atoms with Gasteiger partial charge in [-0.05, 0) is 12.1 Å². The zero-order valence-electron chi connectivity index (χ0n) is 14.6. The number of rotatable bonds is 6. The predicted molar refractivity (Wildman–Crippen MR) is 96.0 cm³/mol. The molecule has 0 atom stereocenters. The van der Waals surface area contributed by atoms with Gasteiger partial charge in [0.05, 0.1) is 21.3 Å². The molecule has 0 unspecified atom stereocenters. The van der Waals surface area contributed by atoms with Crippen LogP contribution in [0.1, 0.15) is 10.5 Å².